The normalized spacial score (nSPS) is 23.2. The number of furan rings is 1. The second kappa shape index (κ2) is 9.36. The first kappa shape index (κ1) is 21.8. The second-order valence-corrected chi connectivity index (χ2v) is 9.25. The van der Waals surface area contributed by atoms with Crippen LogP contribution in [0.4, 0.5) is 4.79 Å². The van der Waals surface area contributed by atoms with Gasteiger partial charge in [0, 0.05) is 24.4 Å². The van der Waals surface area contributed by atoms with E-state index in [1.54, 1.807) is 17.6 Å². The number of nitrogens with one attached hydrogen (secondary N) is 1. The van der Waals surface area contributed by atoms with Crippen LogP contribution in [0, 0.1) is 12.8 Å². The summed E-state index contributed by atoms with van der Waals surface area (Å²) in [7, 11) is 0. The van der Waals surface area contributed by atoms with Gasteiger partial charge in [-0.1, -0.05) is 13.0 Å². The molecular weight excluding hydrogens is 412 g/mol. The minimum absolute atomic E-state index is 0.0571. The Kier molecular flexibility index (Phi) is 6.57. The zero-order valence-corrected chi connectivity index (χ0v) is 19.0. The molecule has 2 aromatic rings. The number of imide groups is 1. The highest BCUT2D eigenvalue weighted by molar-refractivity contribution is 7.09. The van der Waals surface area contributed by atoms with Gasteiger partial charge in [-0.2, -0.15) is 0 Å². The molecule has 31 heavy (non-hydrogen) atoms. The van der Waals surface area contributed by atoms with Crippen molar-refractivity contribution in [2.75, 3.05) is 26.2 Å². The van der Waals surface area contributed by atoms with Crippen molar-refractivity contribution in [2.24, 2.45) is 5.92 Å². The van der Waals surface area contributed by atoms with Crippen LogP contribution in [0.1, 0.15) is 42.5 Å². The van der Waals surface area contributed by atoms with Gasteiger partial charge in [-0.05, 0) is 63.4 Å². The molecule has 1 N–H and O–H groups in total. The largest absolute Gasteiger partial charge is 0.465 e. The van der Waals surface area contributed by atoms with E-state index in [0.29, 0.717) is 19.4 Å². The number of hydrogen-bond donors (Lipinski definition) is 1. The van der Waals surface area contributed by atoms with E-state index in [-0.39, 0.29) is 17.9 Å². The monoisotopic (exact) mass is 442 g/mol. The molecule has 0 aliphatic carbocycles. The number of piperidine rings is 1. The van der Waals surface area contributed by atoms with E-state index in [1.165, 1.54) is 4.90 Å². The first-order valence-electron chi connectivity index (χ1n) is 11.0. The first-order valence-corrected chi connectivity index (χ1v) is 11.9. The summed E-state index contributed by atoms with van der Waals surface area (Å²) < 4.78 is 5.33. The van der Waals surface area contributed by atoms with Crippen LogP contribution in [0.25, 0.3) is 6.08 Å². The molecule has 1 atom stereocenters. The van der Waals surface area contributed by atoms with E-state index in [9.17, 15) is 9.59 Å². The Balaban J connectivity index is 1.34. The Labute approximate surface area is 187 Å². The Morgan fingerprint density at radius 2 is 2.16 bits per heavy atom. The molecule has 4 rings (SSSR count). The van der Waals surface area contributed by atoms with Crippen molar-refractivity contribution in [2.45, 2.75) is 45.1 Å². The predicted octanol–water partition coefficient (Wildman–Crippen LogP) is 3.71. The van der Waals surface area contributed by atoms with Crippen molar-refractivity contribution in [1.29, 1.82) is 0 Å². The molecule has 2 aromatic heterocycles. The molecule has 7 nitrogen and oxygen atoms in total. The third kappa shape index (κ3) is 4.45. The van der Waals surface area contributed by atoms with E-state index < -0.39 is 5.54 Å². The van der Waals surface area contributed by atoms with Gasteiger partial charge in [0.25, 0.3) is 5.91 Å². The van der Waals surface area contributed by atoms with Gasteiger partial charge in [0.2, 0.25) is 0 Å². The molecule has 3 amide bonds. The number of rotatable bonds is 8. The molecule has 2 aliphatic rings. The lowest BCUT2D eigenvalue weighted by Gasteiger charge is -2.40. The van der Waals surface area contributed by atoms with Crippen molar-refractivity contribution < 1.29 is 14.0 Å². The predicted molar refractivity (Wildman–Crippen MR) is 121 cm³/mol. The van der Waals surface area contributed by atoms with Crippen LogP contribution in [-0.4, -0.2) is 58.4 Å². The lowest BCUT2D eigenvalue weighted by atomic mass is 9.75. The number of hydrogen-bond acceptors (Lipinski definition) is 6. The van der Waals surface area contributed by atoms with Gasteiger partial charge in [-0.15, -0.1) is 11.3 Å². The quantitative estimate of drug-likeness (QED) is 0.631. The lowest BCUT2D eigenvalue weighted by molar-refractivity contribution is -0.134. The van der Waals surface area contributed by atoms with Gasteiger partial charge in [0.1, 0.15) is 11.3 Å². The smallest absolute Gasteiger partial charge is 0.325 e. The minimum Gasteiger partial charge on any atom is -0.465 e. The zero-order valence-electron chi connectivity index (χ0n) is 18.2. The summed E-state index contributed by atoms with van der Waals surface area (Å²) >= 11 is 1.58. The highest BCUT2D eigenvalue weighted by atomic mass is 32.1. The number of nitrogens with zero attached hydrogens (tertiary/aromatic N) is 3. The Morgan fingerprint density at radius 3 is 2.81 bits per heavy atom. The fourth-order valence-corrected chi connectivity index (χ4v) is 5.52. The minimum atomic E-state index is -0.768. The molecule has 2 saturated heterocycles. The molecule has 1 unspecified atom stereocenters. The molecule has 0 saturated carbocycles. The summed E-state index contributed by atoms with van der Waals surface area (Å²) in [6, 6.07) is 3.56. The van der Waals surface area contributed by atoms with E-state index in [0.717, 1.165) is 48.8 Å². The van der Waals surface area contributed by atoms with Crippen LogP contribution in [0.15, 0.2) is 34.4 Å². The number of urea groups is 1. The number of aryl methyl sites for hydroxylation is 1. The highest BCUT2D eigenvalue weighted by Gasteiger charge is 2.54. The molecule has 8 heteroatoms. The summed E-state index contributed by atoms with van der Waals surface area (Å²) in [5.41, 5.74) is 2.02. The number of carbonyl (C=O) groups excluding carboxylic acids is 2. The van der Waals surface area contributed by atoms with Crippen LogP contribution < -0.4 is 5.32 Å². The van der Waals surface area contributed by atoms with E-state index in [2.05, 4.69) is 21.3 Å². The summed E-state index contributed by atoms with van der Waals surface area (Å²) in [5.74, 6) is 0.959. The van der Waals surface area contributed by atoms with Crippen molar-refractivity contribution in [3.63, 3.8) is 0 Å². The van der Waals surface area contributed by atoms with Gasteiger partial charge in [-0.3, -0.25) is 14.6 Å². The lowest BCUT2D eigenvalue weighted by Crippen LogP contribution is -2.55. The fraction of sp³-hybridized carbons (Fsp3) is 0.522. The Hall–Kier alpha value is -2.45. The molecule has 2 aliphatic heterocycles. The summed E-state index contributed by atoms with van der Waals surface area (Å²) in [6.07, 6.45) is 8.85. The van der Waals surface area contributed by atoms with E-state index >= 15 is 0 Å². The van der Waals surface area contributed by atoms with Crippen LogP contribution >= 0.6 is 11.3 Å². The third-order valence-electron chi connectivity index (χ3n) is 6.64. The van der Waals surface area contributed by atoms with E-state index in [1.807, 2.05) is 37.6 Å². The van der Waals surface area contributed by atoms with Crippen LogP contribution in [-0.2, 0) is 11.2 Å². The number of likely N-dealkylation sites (tertiary alicyclic amines) is 1. The first-order chi connectivity index (χ1) is 15.0. The van der Waals surface area contributed by atoms with Crippen molar-refractivity contribution in [3.05, 3.63) is 46.3 Å². The van der Waals surface area contributed by atoms with Gasteiger partial charge in [0.15, 0.2) is 0 Å². The fourth-order valence-electron chi connectivity index (χ4n) is 4.74. The molecule has 0 radical (unpaired) electrons. The van der Waals surface area contributed by atoms with E-state index in [4.69, 9.17) is 4.42 Å². The van der Waals surface area contributed by atoms with Crippen molar-refractivity contribution >= 4 is 29.4 Å². The van der Waals surface area contributed by atoms with Crippen LogP contribution in [0.2, 0.25) is 0 Å². The molecule has 166 valence electrons. The SMILES string of the molecule is CCC1(C2CCN(CC=Cc3ccco3)CC2)NC(=O)N(CCc2scnc2C)C1=O. The van der Waals surface area contributed by atoms with Crippen LogP contribution in [0.5, 0.6) is 0 Å². The standard InChI is InChI=1S/C23H30N4O3S/c1-3-23(18-8-12-26(13-9-18)11-4-6-19-7-5-15-30-19)21(28)27(22(29)25-23)14-10-20-17(2)24-16-31-20/h4-7,15-16,18H,3,8-14H2,1-2H3,(H,25,29). The topological polar surface area (TPSA) is 78.7 Å². The Morgan fingerprint density at radius 1 is 1.35 bits per heavy atom. The van der Waals surface area contributed by atoms with Gasteiger partial charge < -0.3 is 9.73 Å². The van der Waals surface area contributed by atoms with Crippen molar-refractivity contribution in [3.8, 4) is 0 Å². The van der Waals surface area contributed by atoms with Crippen molar-refractivity contribution in [1.82, 2.24) is 20.1 Å². The van der Waals surface area contributed by atoms with Gasteiger partial charge in [0.05, 0.1) is 17.5 Å². The molecule has 4 heterocycles. The summed E-state index contributed by atoms with van der Waals surface area (Å²) in [5, 5.41) is 3.09. The summed E-state index contributed by atoms with van der Waals surface area (Å²) in [4.78, 5) is 35.3. The summed E-state index contributed by atoms with van der Waals surface area (Å²) in [6.45, 7) is 7.06. The van der Waals surface area contributed by atoms with Gasteiger partial charge in [-0.25, -0.2) is 9.78 Å². The molecule has 0 spiro atoms. The molecular formula is C23H30N4O3S. The molecule has 0 aromatic carbocycles. The average Bonchev–Trinajstić information content (AvgIpc) is 3.49. The zero-order chi connectivity index (χ0) is 21.8. The maximum atomic E-state index is 13.4. The maximum Gasteiger partial charge on any atom is 0.325 e. The van der Waals surface area contributed by atoms with Gasteiger partial charge >= 0.3 is 6.03 Å². The number of thiazole rings is 1. The maximum absolute atomic E-state index is 13.4. The Bertz CT molecular complexity index is 931. The number of amides is 3. The highest BCUT2D eigenvalue weighted by Crippen LogP contribution is 2.36. The number of aromatic nitrogens is 1. The third-order valence-corrected chi connectivity index (χ3v) is 7.64. The average molecular weight is 443 g/mol. The second-order valence-electron chi connectivity index (χ2n) is 8.32. The molecule has 0 bridgehead atoms. The number of carbonyl (C=O) groups is 2. The molecule has 2 fully saturated rings. The van der Waals surface area contributed by atoms with Crippen LogP contribution in [0.3, 0.4) is 0 Å².